The second kappa shape index (κ2) is 3.75. The Bertz CT molecular complexity index is 246. The molecular weight excluding hydrogens is 170 g/mol. The number of carbonyl (C=O) groups is 1. The third-order valence-electron chi connectivity index (χ3n) is 2.22. The molecule has 2 atom stereocenters. The summed E-state index contributed by atoms with van der Waals surface area (Å²) >= 11 is 0. The van der Waals surface area contributed by atoms with Crippen molar-refractivity contribution in [2.45, 2.75) is 38.4 Å². The van der Waals surface area contributed by atoms with Crippen molar-refractivity contribution in [2.24, 2.45) is 0 Å². The summed E-state index contributed by atoms with van der Waals surface area (Å²) in [6, 6.07) is 1.99. The highest BCUT2D eigenvalue weighted by Gasteiger charge is 2.60. The van der Waals surface area contributed by atoms with Gasteiger partial charge in [-0.2, -0.15) is 5.26 Å². The first-order valence-corrected chi connectivity index (χ1v) is 4.39. The Hall–Kier alpha value is -1.08. The molecule has 1 heterocycles. The number of hydrogen-bond acceptors (Lipinski definition) is 4. The standard InChI is InChI=1S/C9H13NO3/c1-3-12-8(11)9(5-4-6-10)7(2)13-9/h7H,3-5H2,1-2H3. The molecule has 1 fully saturated rings. The molecule has 72 valence electrons. The minimum absolute atomic E-state index is 0.111. The van der Waals surface area contributed by atoms with Crippen molar-refractivity contribution in [3.63, 3.8) is 0 Å². The van der Waals surface area contributed by atoms with Crippen molar-refractivity contribution in [2.75, 3.05) is 6.61 Å². The van der Waals surface area contributed by atoms with E-state index in [1.54, 1.807) is 6.92 Å². The number of nitriles is 1. The van der Waals surface area contributed by atoms with Crippen LogP contribution in [0.2, 0.25) is 0 Å². The molecule has 2 unspecified atom stereocenters. The average molecular weight is 183 g/mol. The molecule has 0 aromatic rings. The van der Waals surface area contributed by atoms with Crippen LogP contribution in [0.15, 0.2) is 0 Å². The number of carbonyl (C=O) groups excluding carboxylic acids is 1. The smallest absolute Gasteiger partial charge is 0.341 e. The topological polar surface area (TPSA) is 62.6 Å². The summed E-state index contributed by atoms with van der Waals surface area (Å²) in [5, 5.41) is 8.40. The van der Waals surface area contributed by atoms with E-state index in [4.69, 9.17) is 14.7 Å². The Morgan fingerprint density at radius 2 is 2.38 bits per heavy atom. The van der Waals surface area contributed by atoms with Crippen LogP contribution in [0, 0.1) is 11.3 Å². The molecule has 4 nitrogen and oxygen atoms in total. The molecule has 1 aliphatic heterocycles. The summed E-state index contributed by atoms with van der Waals surface area (Å²) in [5.74, 6) is -0.335. The molecule has 0 amide bonds. The van der Waals surface area contributed by atoms with Crippen LogP contribution in [0.4, 0.5) is 0 Å². The molecule has 0 aromatic carbocycles. The van der Waals surface area contributed by atoms with Crippen LogP contribution in [-0.4, -0.2) is 24.3 Å². The predicted octanol–water partition coefficient (Wildman–Crippen LogP) is 1.01. The Kier molecular flexibility index (Phi) is 2.89. The summed E-state index contributed by atoms with van der Waals surface area (Å²) in [6.45, 7) is 3.92. The third kappa shape index (κ3) is 1.81. The maximum atomic E-state index is 11.4. The second-order valence-corrected chi connectivity index (χ2v) is 3.03. The van der Waals surface area contributed by atoms with Gasteiger partial charge in [-0.1, -0.05) is 0 Å². The zero-order valence-corrected chi connectivity index (χ0v) is 7.87. The van der Waals surface area contributed by atoms with Crippen LogP contribution in [0.25, 0.3) is 0 Å². The Balaban J connectivity index is 2.52. The molecule has 0 radical (unpaired) electrons. The first kappa shape index (κ1) is 10.0. The van der Waals surface area contributed by atoms with E-state index in [1.807, 2.05) is 13.0 Å². The van der Waals surface area contributed by atoms with Crippen LogP contribution in [0.3, 0.4) is 0 Å². The van der Waals surface area contributed by atoms with Gasteiger partial charge in [-0.05, 0) is 13.8 Å². The molecule has 13 heavy (non-hydrogen) atoms. The number of nitrogens with zero attached hydrogens (tertiary/aromatic N) is 1. The average Bonchev–Trinajstić information content (AvgIpc) is 2.75. The van der Waals surface area contributed by atoms with Gasteiger partial charge in [0.1, 0.15) is 0 Å². The van der Waals surface area contributed by atoms with Crippen molar-refractivity contribution in [3.8, 4) is 6.07 Å². The maximum Gasteiger partial charge on any atom is 0.341 e. The fourth-order valence-corrected chi connectivity index (χ4v) is 1.35. The van der Waals surface area contributed by atoms with Gasteiger partial charge in [0.25, 0.3) is 0 Å². The number of esters is 1. The number of rotatable bonds is 4. The van der Waals surface area contributed by atoms with E-state index in [0.29, 0.717) is 19.4 Å². The molecule has 0 aliphatic carbocycles. The van der Waals surface area contributed by atoms with Gasteiger partial charge in [-0.25, -0.2) is 4.79 Å². The summed E-state index contributed by atoms with van der Waals surface area (Å²) in [4.78, 5) is 11.4. The number of ether oxygens (including phenoxy) is 2. The summed E-state index contributed by atoms with van der Waals surface area (Å²) in [6.07, 6.45) is 0.645. The van der Waals surface area contributed by atoms with E-state index in [9.17, 15) is 4.79 Å². The van der Waals surface area contributed by atoms with Crippen molar-refractivity contribution in [3.05, 3.63) is 0 Å². The van der Waals surface area contributed by atoms with Gasteiger partial charge >= 0.3 is 5.97 Å². The quantitative estimate of drug-likeness (QED) is 0.482. The molecule has 1 aliphatic rings. The largest absolute Gasteiger partial charge is 0.464 e. The minimum atomic E-state index is -0.814. The fraction of sp³-hybridized carbons (Fsp3) is 0.778. The number of epoxide rings is 1. The summed E-state index contributed by atoms with van der Waals surface area (Å²) < 4.78 is 10.1. The Labute approximate surface area is 77.4 Å². The van der Waals surface area contributed by atoms with Gasteiger partial charge in [0, 0.05) is 12.8 Å². The molecule has 0 bridgehead atoms. The molecule has 4 heteroatoms. The van der Waals surface area contributed by atoms with Gasteiger partial charge in [0.05, 0.1) is 18.8 Å². The van der Waals surface area contributed by atoms with Crippen molar-refractivity contribution < 1.29 is 14.3 Å². The molecule has 0 aromatic heterocycles. The Morgan fingerprint density at radius 1 is 1.77 bits per heavy atom. The lowest BCUT2D eigenvalue weighted by Crippen LogP contribution is -2.29. The van der Waals surface area contributed by atoms with Crippen LogP contribution >= 0.6 is 0 Å². The predicted molar refractivity (Wildman–Crippen MR) is 44.8 cm³/mol. The summed E-state index contributed by atoms with van der Waals surface area (Å²) in [7, 11) is 0. The lowest BCUT2D eigenvalue weighted by atomic mass is 10.0. The lowest BCUT2D eigenvalue weighted by Gasteiger charge is -2.08. The van der Waals surface area contributed by atoms with E-state index < -0.39 is 5.60 Å². The first-order valence-electron chi connectivity index (χ1n) is 4.39. The first-order chi connectivity index (χ1) is 6.17. The zero-order chi connectivity index (χ0) is 9.90. The van der Waals surface area contributed by atoms with Crippen molar-refractivity contribution in [1.82, 2.24) is 0 Å². The van der Waals surface area contributed by atoms with Crippen molar-refractivity contribution in [1.29, 1.82) is 5.26 Å². The van der Waals surface area contributed by atoms with Gasteiger partial charge in [0.2, 0.25) is 0 Å². The van der Waals surface area contributed by atoms with Crippen LogP contribution in [0.5, 0.6) is 0 Å². The van der Waals surface area contributed by atoms with Gasteiger partial charge in [0.15, 0.2) is 5.60 Å². The number of hydrogen-bond donors (Lipinski definition) is 0. The molecule has 0 spiro atoms. The third-order valence-corrected chi connectivity index (χ3v) is 2.22. The highest BCUT2D eigenvalue weighted by molar-refractivity contribution is 5.83. The Morgan fingerprint density at radius 3 is 2.77 bits per heavy atom. The monoisotopic (exact) mass is 183 g/mol. The fourth-order valence-electron chi connectivity index (χ4n) is 1.35. The van der Waals surface area contributed by atoms with E-state index in [0.717, 1.165) is 0 Å². The van der Waals surface area contributed by atoms with Crippen LogP contribution < -0.4 is 0 Å². The molecule has 1 saturated heterocycles. The second-order valence-electron chi connectivity index (χ2n) is 3.03. The molecule has 0 N–H and O–H groups in total. The maximum absolute atomic E-state index is 11.4. The van der Waals surface area contributed by atoms with Crippen molar-refractivity contribution >= 4 is 5.97 Å². The molecule has 0 saturated carbocycles. The SMILES string of the molecule is CCOC(=O)C1(CCC#N)OC1C. The normalized spacial score (nSPS) is 30.7. The highest BCUT2D eigenvalue weighted by atomic mass is 16.7. The van der Waals surface area contributed by atoms with Crippen LogP contribution in [0.1, 0.15) is 26.7 Å². The zero-order valence-electron chi connectivity index (χ0n) is 7.87. The lowest BCUT2D eigenvalue weighted by molar-refractivity contribution is -0.149. The summed E-state index contributed by atoms with van der Waals surface area (Å²) in [5.41, 5.74) is -0.814. The van der Waals surface area contributed by atoms with Gasteiger partial charge < -0.3 is 9.47 Å². The molecular formula is C9H13NO3. The van der Waals surface area contributed by atoms with Gasteiger partial charge in [-0.3, -0.25) is 0 Å². The van der Waals surface area contributed by atoms with E-state index >= 15 is 0 Å². The highest BCUT2D eigenvalue weighted by Crippen LogP contribution is 2.41. The minimum Gasteiger partial charge on any atom is -0.464 e. The molecule has 1 rings (SSSR count). The van der Waals surface area contributed by atoms with E-state index in [2.05, 4.69) is 0 Å². The van der Waals surface area contributed by atoms with E-state index in [1.165, 1.54) is 0 Å². The van der Waals surface area contributed by atoms with Gasteiger partial charge in [-0.15, -0.1) is 0 Å². The van der Waals surface area contributed by atoms with Crippen LogP contribution in [-0.2, 0) is 14.3 Å². The van der Waals surface area contributed by atoms with E-state index in [-0.39, 0.29) is 12.1 Å².